The van der Waals surface area contributed by atoms with E-state index in [1.807, 2.05) is 0 Å². The Morgan fingerprint density at radius 2 is 1.81 bits per heavy atom. The first-order valence-corrected chi connectivity index (χ1v) is 8.04. The standard InChI is InChI=1S/C18H18F3N3O3/c1-11(2)16(25)24-15-9-13(7-8-22-15)17(26)23-10-12-3-5-14(6-4-12)27-18(19,20)21/h3-9,11H,10H2,1-2H3,(H,23,26)(H,22,24,25). The number of nitrogens with zero attached hydrogens (tertiary/aromatic N) is 1. The summed E-state index contributed by atoms with van der Waals surface area (Å²) < 4.78 is 40.2. The number of anilines is 1. The molecule has 1 aromatic carbocycles. The van der Waals surface area contributed by atoms with Gasteiger partial charge in [0.15, 0.2) is 0 Å². The normalized spacial score (nSPS) is 11.2. The molecule has 0 unspecified atom stereocenters. The molecule has 0 aliphatic rings. The van der Waals surface area contributed by atoms with Crippen LogP contribution < -0.4 is 15.4 Å². The van der Waals surface area contributed by atoms with Gasteiger partial charge in [0.2, 0.25) is 5.91 Å². The smallest absolute Gasteiger partial charge is 0.406 e. The number of ether oxygens (including phenoxy) is 1. The molecule has 144 valence electrons. The van der Waals surface area contributed by atoms with Crippen molar-refractivity contribution < 1.29 is 27.5 Å². The molecule has 0 bridgehead atoms. The van der Waals surface area contributed by atoms with Crippen LogP contribution >= 0.6 is 0 Å². The predicted octanol–water partition coefficient (Wildman–Crippen LogP) is 3.50. The second-order valence-corrected chi connectivity index (χ2v) is 5.95. The number of carbonyl (C=O) groups excluding carboxylic acids is 2. The number of hydrogen-bond acceptors (Lipinski definition) is 4. The molecule has 0 atom stereocenters. The van der Waals surface area contributed by atoms with Crippen LogP contribution in [0.4, 0.5) is 19.0 Å². The minimum absolute atomic E-state index is 0.112. The summed E-state index contributed by atoms with van der Waals surface area (Å²) in [6.07, 6.45) is -3.35. The van der Waals surface area contributed by atoms with Crippen molar-refractivity contribution in [1.29, 1.82) is 0 Å². The van der Waals surface area contributed by atoms with Crippen LogP contribution in [-0.2, 0) is 11.3 Å². The Morgan fingerprint density at radius 1 is 1.15 bits per heavy atom. The van der Waals surface area contributed by atoms with Crippen molar-refractivity contribution in [2.75, 3.05) is 5.32 Å². The second-order valence-electron chi connectivity index (χ2n) is 5.95. The lowest BCUT2D eigenvalue weighted by Gasteiger charge is -2.10. The van der Waals surface area contributed by atoms with E-state index in [0.717, 1.165) is 0 Å². The minimum Gasteiger partial charge on any atom is -0.406 e. The lowest BCUT2D eigenvalue weighted by atomic mass is 10.2. The van der Waals surface area contributed by atoms with Crippen molar-refractivity contribution in [2.45, 2.75) is 26.8 Å². The molecule has 2 amide bonds. The molecule has 2 rings (SSSR count). The molecule has 0 aliphatic heterocycles. The van der Waals surface area contributed by atoms with Gasteiger partial charge in [-0.25, -0.2) is 4.98 Å². The van der Waals surface area contributed by atoms with Crippen LogP contribution in [0, 0.1) is 5.92 Å². The van der Waals surface area contributed by atoms with Gasteiger partial charge in [-0.2, -0.15) is 0 Å². The summed E-state index contributed by atoms with van der Waals surface area (Å²) in [5, 5.41) is 5.24. The zero-order valence-electron chi connectivity index (χ0n) is 14.6. The Hall–Kier alpha value is -3.10. The number of benzene rings is 1. The van der Waals surface area contributed by atoms with Crippen LogP contribution in [0.5, 0.6) is 5.75 Å². The highest BCUT2D eigenvalue weighted by Crippen LogP contribution is 2.22. The van der Waals surface area contributed by atoms with E-state index in [2.05, 4.69) is 20.4 Å². The van der Waals surface area contributed by atoms with Gasteiger partial charge in [0.05, 0.1) is 0 Å². The molecule has 0 spiro atoms. The van der Waals surface area contributed by atoms with Crippen LogP contribution in [-0.4, -0.2) is 23.2 Å². The van der Waals surface area contributed by atoms with Gasteiger partial charge in [0, 0.05) is 24.2 Å². The number of halogens is 3. The van der Waals surface area contributed by atoms with Crippen molar-refractivity contribution in [1.82, 2.24) is 10.3 Å². The van der Waals surface area contributed by atoms with Crippen molar-refractivity contribution >= 4 is 17.6 Å². The highest BCUT2D eigenvalue weighted by atomic mass is 19.4. The van der Waals surface area contributed by atoms with Crippen molar-refractivity contribution in [3.8, 4) is 5.75 Å². The third-order valence-corrected chi connectivity index (χ3v) is 3.41. The molecule has 0 radical (unpaired) electrons. The largest absolute Gasteiger partial charge is 0.573 e. The first kappa shape index (κ1) is 20.2. The molecule has 0 saturated heterocycles. The summed E-state index contributed by atoms with van der Waals surface area (Å²) in [7, 11) is 0. The topological polar surface area (TPSA) is 80.3 Å². The summed E-state index contributed by atoms with van der Waals surface area (Å²) in [5.74, 6) is -0.935. The van der Waals surface area contributed by atoms with Gasteiger partial charge < -0.3 is 15.4 Å². The SMILES string of the molecule is CC(C)C(=O)Nc1cc(C(=O)NCc2ccc(OC(F)(F)F)cc2)ccn1. The average Bonchev–Trinajstić information content (AvgIpc) is 2.59. The number of amides is 2. The van der Waals surface area contributed by atoms with Crippen LogP contribution in [0.25, 0.3) is 0 Å². The quantitative estimate of drug-likeness (QED) is 0.803. The highest BCUT2D eigenvalue weighted by molar-refractivity contribution is 5.96. The number of alkyl halides is 3. The number of aromatic nitrogens is 1. The maximum absolute atomic E-state index is 12.2. The zero-order chi connectivity index (χ0) is 20.0. The predicted molar refractivity (Wildman–Crippen MR) is 92.0 cm³/mol. The Morgan fingerprint density at radius 3 is 2.41 bits per heavy atom. The van der Waals surface area contributed by atoms with Crippen molar-refractivity contribution in [3.05, 3.63) is 53.7 Å². The van der Waals surface area contributed by atoms with Crippen molar-refractivity contribution in [3.63, 3.8) is 0 Å². The van der Waals surface area contributed by atoms with E-state index in [1.165, 1.54) is 42.6 Å². The number of rotatable bonds is 6. The summed E-state index contributed by atoms with van der Waals surface area (Å²) in [5.41, 5.74) is 0.890. The number of pyridine rings is 1. The van der Waals surface area contributed by atoms with Crippen LogP contribution in [0.2, 0.25) is 0 Å². The van der Waals surface area contributed by atoms with Gasteiger partial charge >= 0.3 is 6.36 Å². The maximum Gasteiger partial charge on any atom is 0.573 e. The molecule has 27 heavy (non-hydrogen) atoms. The van der Waals surface area contributed by atoms with Gasteiger partial charge in [-0.3, -0.25) is 9.59 Å². The second kappa shape index (κ2) is 8.52. The van der Waals surface area contributed by atoms with Gasteiger partial charge in [-0.15, -0.1) is 13.2 Å². The van der Waals surface area contributed by atoms with E-state index in [-0.39, 0.29) is 29.9 Å². The fourth-order valence-electron chi connectivity index (χ4n) is 2.00. The molecule has 0 saturated carbocycles. The highest BCUT2D eigenvalue weighted by Gasteiger charge is 2.30. The Labute approximate surface area is 153 Å². The zero-order valence-corrected chi connectivity index (χ0v) is 14.6. The fourth-order valence-corrected chi connectivity index (χ4v) is 2.00. The summed E-state index contributed by atoms with van der Waals surface area (Å²) in [4.78, 5) is 27.9. The molecule has 2 aromatic rings. The first-order chi connectivity index (χ1) is 12.6. The number of nitrogens with one attached hydrogen (secondary N) is 2. The van der Waals surface area contributed by atoms with Crippen LogP contribution in [0.1, 0.15) is 29.8 Å². The van der Waals surface area contributed by atoms with E-state index in [1.54, 1.807) is 13.8 Å². The molecule has 2 N–H and O–H groups in total. The van der Waals surface area contributed by atoms with Gasteiger partial charge in [-0.05, 0) is 29.8 Å². The van der Waals surface area contributed by atoms with Gasteiger partial charge in [0.25, 0.3) is 5.91 Å². The van der Waals surface area contributed by atoms with Gasteiger partial charge in [-0.1, -0.05) is 26.0 Å². The van der Waals surface area contributed by atoms with Gasteiger partial charge in [0.1, 0.15) is 11.6 Å². The van der Waals surface area contributed by atoms with E-state index >= 15 is 0 Å². The Kier molecular flexibility index (Phi) is 6.38. The van der Waals surface area contributed by atoms with E-state index in [9.17, 15) is 22.8 Å². The number of hydrogen-bond donors (Lipinski definition) is 2. The average molecular weight is 381 g/mol. The lowest BCUT2D eigenvalue weighted by Crippen LogP contribution is -2.23. The van der Waals surface area contributed by atoms with E-state index in [0.29, 0.717) is 11.1 Å². The number of carbonyl (C=O) groups is 2. The third kappa shape index (κ3) is 6.61. The summed E-state index contributed by atoms with van der Waals surface area (Å²) in [6.45, 7) is 3.58. The molecule has 6 nitrogen and oxygen atoms in total. The molecular formula is C18H18F3N3O3. The fraction of sp³-hybridized carbons (Fsp3) is 0.278. The summed E-state index contributed by atoms with van der Waals surface area (Å²) >= 11 is 0. The van der Waals surface area contributed by atoms with E-state index < -0.39 is 12.3 Å². The van der Waals surface area contributed by atoms with Crippen LogP contribution in [0.15, 0.2) is 42.6 Å². The molecule has 0 aliphatic carbocycles. The monoisotopic (exact) mass is 381 g/mol. The third-order valence-electron chi connectivity index (χ3n) is 3.41. The minimum atomic E-state index is -4.75. The Bertz CT molecular complexity index is 805. The molecule has 0 fully saturated rings. The summed E-state index contributed by atoms with van der Waals surface area (Å²) in [6, 6.07) is 8.10. The van der Waals surface area contributed by atoms with E-state index in [4.69, 9.17) is 0 Å². The molecule has 1 heterocycles. The Balaban J connectivity index is 1.94. The van der Waals surface area contributed by atoms with Crippen LogP contribution in [0.3, 0.4) is 0 Å². The maximum atomic E-state index is 12.2. The molecule has 9 heteroatoms. The first-order valence-electron chi connectivity index (χ1n) is 8.04. The lowest BCUT2D eigenvalue weighted by molar-refractivity contribution is -0.274. The molecule has 1 aromatic heterocycles. The van der Waals surface area contributed by atoms with Crippen molar-refractivity contribution in [2.24, 2.45) is 5.92 Å². The molecular weight excluding hydrogens is 363 g/mol.